The number of aromatic amines is 1. The number of fused-ring (bicyclic) bond motifs is 1. The van der Waals surface area contributed by atoms with Gasteiger partial charge in [-0.2, -0.15) is 0 Å². The van der Waals surface area contributed by atoms with Crippen molar-refractivity contribution in [1.82, 2.24) is 4.98 Å². The van der Waals surface area contributed by atoms with Crippen LogP contribution in [0.5, 0.6) is 0 Å². The fourth-order valence-corrected chi connectivity index (χ4v) is 3.17. The third-order valence-corrected chi connectivity index (χ3v) is 4.38. The molecule has 0 amide bonds. The quantitative estimate of drug-likeness (QED) is 0.730. The highest BCUT2D eigenvalue weighted by Gasteiger charge is 2.17. The Morgan fingerprint density at radius 3 is 2.56 bits per heavy atom. The molecule has 0 aliphatic heterocycles. The highest BCUT2D eigenvalue weighted by atomic mass is 14.7. The van der Waals surface area contributed by atoms with Gasteiger partial charge in [-0.15, -0.1) is 0 Å². The third-order valence-electron chi connectivity index (χ3n) is 4.38. The molecule has 18 heavy (non-hydrogen) atoms. The molecule has 3 rings (SSSR count). The molecule has 1 nitrogen and oxygen atoms in total. The van der Waals surface area contributed by atoms with Gasteiger partial charge >= 0.3 is 0 Å². The molecule has 1 fully saturated rings. The molecule has 1 heteroatoms. The summed E-state index contributed by atoms with van der Waals surface area (Å²) in [5.74, 6) is 1.39. The first-order valence-corrected chi connectivity index (χ1v) is 7.36. The summed E-state index contributed by atoms with van der Waals surface area (Å²) in [5, 5.41) is 1.39. The van der Waals surface area contributed by atoms with E-state index in [0.29, 0.717) is 5.92 Å². The summed E-state index contributed by atoms with van der Waals surface area (Å²) in [7, 11) is 0. The van der Waals surface area contributed by atoms with Crippen molar-refractivity contribution in [2.24, 2.45) is 0 Å². The molecule has 0 saturated heterocycles. The van der Waals surface area contributed by atoms with Crippen LogP contribution in [0.2, 0.25) is 0 Å². The zero-order valence-electron chi connectivity index (χ0n) is 11.5. The van der Waals surface area contributed by atoms with Crippen molar-refractivity contribution in [1.29, 1.82) is 0 Å². The van der Waals surface area contributed by atoms with E-state index in [1.807, 2.05) is 0 Å². The number of benzene rings is 1. The maximum absolute atomic E-state index is 3.63. The van der Waals surface area contributed by atoms with Gasteiger partial charge in [0.25, 0.3) is 0 Å². The number of hydrogen-bond donors (Lipinski definition) is 1. The van der Waals surface area contributed by atoms with Crippen LogP contribution >= 0.6 is 0 Å². The predicted octanol–water partition coefficient (Wildman–Crippen LogP) is 5.34. The lowest BCUT2D eigenvalue weighted by atomic mass is 9.87. The molecule has 0 spiro atoms. The van der Waals surface area contributed by atoms with Crippen molar-refractivity contribution in [3.8, 4) is 0 Å². The van der Waals surface area contributed by atoms with Crippen LogP contribution in [-0.2, 0) is 0 Å². The topological polar surface area (TPSA) is 15.8 Å². The number of nitrogens with one attached hydrogen (secondary N) is 1. The standard InChI is InChI=1S/C17H23N/c1-12(2)14-8-9-16-15(10-14)11-17(18-16)13-6-4-3-5-7-13/h8-13,18H,3-7H2,1-2H3. The summed E-state index contributed by atoms with van der Waals surface area (Å²) in [5.41, 5.74) is 4.21. The van der Waals surface area contributed by atoms with E-state index in [1.54, 1.807) is 0 Å². The van der Waals surface area contributed by atoms with Crippen LogP contribution in [0.1, 0.15) is 69.0 Å². The van der Waals surface area contributed by atoms with Crippen molar-refractivity contribution in [2.45, 2.75) is 57.8 Å². The van der Waals surface area contributed by atoms with E-state index in [2.05, 4.69) is 43.1 Å². The van der Waals surface area contributed by atoms with E-state index in [9.17, 15) is 0 Å². The minimum Gasteiger partial charge on any atom is -0.358 e. The van der Waals surface area contributed by atoms with E-state index >= 15 is 0 Å². The van der Waals surface area contributed by atoms with Gasteiger partial charge in [0.1, 0.15) is 0 Å². The number of hydrogen-bond acceptors (Lipinski definition) is 0. The molecule has 1 aromatic heterocycles. The van der Waals surface area contributed by atoms with Crippen molar-refractivity contribution >= 4 is 10.9 Å². The number of rotatable bonds is 2. The molecule has 0 radical (unpaired) electrons. The van der Waals surface area contributed by atoms with E-state index in [4.69, 9.17) is 0 Å². The maximum atomic E-state index is 3.63. The first-order valence-electron chi connectivity index (χ1n) is 7.36. The van der Waals surface area contributed by atoms with Crippen LogP contribution < -0.4 is 0 Å². The summed E-state index contributed by atoms with van der Waals surface area (Å²) < 4.78 is 0. The monoisotopic (exact) mass is 241 g/mol. The number of aromatic nitrogens is 1. The first-order chi connectivity index (χ1) is 8.74. The van der Waals surface area contributed by atoms with Gasteiger partial charge in [0.05, 0.1) is 0 Å². The largest absolute Gasteiger partial charge is 0.358 e. The lowest BCUT2D eigenvalue weighted by Crippen LogP contribution is -2.04. The highest BCUT2D eigenvalue weighted by molar-refractivity contribution is 5.81. The minimum atomic E-state index is 0.613. The summed E-state index contributed by atoms with van der Waals surface area (Å²) in [6.07, 6.45) is 6.95. The van der Waals surface area contributed by atoms with Gasteiger partial charge in [-0.05, 0) is 53.8 Å². The first kappa shape index (κ1) is 11.8. The normalized spacial score (nSPS) is 17.7. The molecule has 1 N–H and O–H groups in total. The lowest BCUT2D eigenvalue weighted by Gasteiger charge is -2.20. The minimum absolute atomic E-state index is 0.613. The average Bonchev–Trinajstić information content (AvgIpc) is 2.82. The lowest BCUT2D eigenvalue weighted by molar-refractivity contribution is 0.438. The van der Waals surface area contributed by atoms with Gasteiger partial charge in [0, 0.05) is 11.2 Å². The Morgan fingerprint density at radius 1 is 1.06 bits per heavy atom. The Labute approximate surface area is 110 Å². The van der Waals surface area contributed by atoms with Gasteiger partial charge in [-0.3, -0.25) is 0 Å². The van der Waals surface area contributed by atoms with Crippen LogP contribution in [0.4, 0.5) is 0 Å². The average molecular weight is 241 g/mol. The summed E-state index contributed by atoms with van der Waals surface area (Å²) in [4.78, 5) is 3.63. The van der Waals surface area contributed by atoms with Crippen LogP contribution in [-0.4, -0.2) is 4.98 Å². The second kappa shape index (κ2) is 4.79. The Kier molecular flexibility index (Phi) is 3.15. The van der Waals surface area contributed by atoms with Crippen molar-refractivity contribution in [3.63, 3.8) is 0 Å². The smallest absolute Gasteiger partial charge is 0.0456 e. The highest BCUT2D eigenvalue weighted by Crippen LogP contribution is 2.34. The van der Waals surface area contributed by atoms with Crippen LogP contribution in [0, 0.1) is 0 Å². The zero-order valence-corrected chi connectivity index (χ0v) is 11.5. The third kappa shape index (κ3) is 2.19. The molecule has 0 bridgehead atoms. The fraction of sp³-hybridized carbons (Fsp3) is 0.529. The molecule has 0 unspecified atom stereocenters. The van der Waals surface area contributed by atoms with Gasteiger partial charge in [-0.1, -0.05) is 39.2 Å². The van der Waals surface area contributed by atoms with Crippen LogP contribution in [0.3, 0.4) is 0 Å². The molecular weight excluding hydrogens is 218 g/mol. The van der Waals surface area contributed by atoms with E-state index in [1.165, 1.54) is 54.3 Å². The molecular formula is C17H23N. The molecule has 1 heterocycles. The molecule has 1 aliphatic carbocycles. The van der Waals surface area contributed by atoms with E-state index < -0.39 is 0 Å². The molecule has 2 aromatic rings. The van der Waals surface area contributed by atoms with Gasteiger partial charge < -0.3 is 4.98 Å². The van der Waals surface area contributed by atoms with Crippen LogP contribution in [0.15, 0.2) is 24.3 Å². The van der Waals surface area contributed by atoms with Gasteiger partial charge in [0.15, 0.2) is 0 Å². The van der Waals surface area contributed by atoms with Crippen molar-refractivity contribution in [2.75, 3.05) is 0 Å². The molecule has 1 aliphatic rings. The Hall–Kier alpha value is -1.24. The second-order valence-electron chi connectivity index (χ2n) is 6.06. The summed E-state index contributed by atoms with van der Waals surface area (Å²) in [6.45, 7) is 4.52. The summed E-state index contributed by atoms with van der Waals surface area (Å²) in [6, 6.07) is 9.24. The predicted molar refractivity (Wildman–Crippen MR) is 78.2 cm³/mol. The van der Waals surface area contributed by atoms with Crippen LogP contribution in [0.25, 0.3) is 10.9 Å². The second-order valence-corrected chi connectivity index (χ2v) is 6.06. The zero-order chi connectivity index (χ0) is 12.5. The molecule has 1 aromatic carbocycles. The molecule has 96 valence electrons. The fourth-order valence-electron chi connectivity index (χ4n) is 3.17. The maximum Gasteiger partial charge on any atom is 0.0456 e. The van der Waals surface area contributed by atoms with Gasteiger partial charge in [-0.25, -0.2) is 0 Å². The Balaban J connectivity index is 1.94. The Bertz CT molecular complexity index is 530. The van der Waals surface area contributed by atoms with Gasteiger partial charge in [0.2, 0.25) is 0 Å². The SMILES string of the molecule is CC(C)c1ccc2[nH]c(C3CCCCC3)cc2c1. The Morgan fingerprint density at radius 2 is 1.83 bits per heavy atom. The van der Waals surface area contributed by atoms with E-state index in [-0.39, 0.29) is 0 Å². The van der Waals surface area contributed by atoms with Crippen molar-refractivity contribution < 1.29 is 0 Å². The molecule has 1 saturated carbocycles. The van der Waals surface area contributed by atoms with E-state index in [0.717, 1.165) is 5.92 Å². The number of H-pyrrole nitrogens is 1. The molecule has 0 atom stereocenters. The summed E-state index contributed by atoms with van der Waals surface area (Å²) >= 11 is 0. The van der Waals surface area contributed by atoms with Crippen molar-refractivity contribution in [3.05, 3.63) is 35.5 Å².